The molecule has 0 fully saturated rings. The van der Waals surface area contributed by atoms with Crippen molar-refractivity contribution >= 4 is 23.2 Å². The summed E-state index contributed by atoms with van der Waals surface area (Å²) in [5.41, 5.74) is 6.76. The van der Waals surface area contributed by atoms with E-state index in [0.29, 0.717) is 30.9 Å². The van der Waals surface area contributed by atoms with Crippen molar-refractivity contribution < 1.29 is 9.59 Å². The first kappa shape index (κ1) is 24.0. The van der Waals surface area contributed by atoms with Gasteiger partial charge in [-0.1, -0.05) is 59.7 Å². The van der Waals surface area contributed by atoms with Crippen LogP contribution in [0.3, 0.4) is 0 Å². The van der Waals surface area contributed by atoms with Gasteiger partial charge in [0, 0.05) is 42.7 Å². The van der Waals surface area contributed by atoms with E-state index in [-0.39, 0.29) is 18.2 Å². The van der Waals surface area contributed by atoms with Crippen molar-refractivity contribution in [1.29, 1.82) is 0 Å². The Morgan fingerprint density at radius 3 is 2.47 bits per heavy atom. The van der Waals surface area contributed by atoms with Crippen LogP contribution in [0.25, 0.3) is 11.3 Å². The average Bonchev–Trinajstić information content (AvgIpc) is 3.52. The third kappa shape index (κ3) is 5.41. The molecule has 2 aromatic heterocycles. The SMILES string of the molecule is Cc1ccc(Cn2cc(C(=O)NCCC(=O)N3CCc4sccc4C3)c(-c3ccc(C)cc3)n2)cc1. The highest BCUT2D eigenvalue weighted by Gasteiger charge is 2.22. The van der Waals surface area contributed by atoms with Crippen LogP contribution in [0, 0.1) is 13.8 Å². The lowest BCUT2D eigenvalue weighted by Crippen LogP contribution is -2.37. The number of aryl methyl sites for hydroxylation is 2. The van der Waals surface area contributed by atoms with Gasteiger partial charge in [-0.2, -0.15) is 5.10 Å². The molecular weight excluding hydrogens is 468 g/mol. The number of nitrogens with zero attached hydrogens (tertiary/aromatic N) is 3. The average molecular weight is 499 g/mol. The Morgan fingerprint density at radius 2 is 1.72 bits per heavy atom. The molecule has 3 heterocycles. The zero-order valence-corrected chi connectivity index (χ0v) is 21.5. The Morgan fingerprint density at radius 1 is 1.00 bits per heavy atom. The molecule has 0 saturated heterocycles. The second-order valence-corrected chi connectivity index (χ2v) is 10.4. The molecule has 0 bridgehead atoms. The Balaban J connectivity index is 1.27. The summed E-state index contributed by atoms with van der Waals surface area (Å²) in [6.45, 7) is 6.36. The maximum absolute atomic E-state index is 13.2. The number of carbonyl (C=O) groups is 2. The quantitative estimate of drug-likeness (QED) is 0.391. The zero-order chi connectivity index (χ0) is 25.1. The maximum Gasteiger partial charge on any atom is 0.255 e. The number of fused-ring (bicyclic) bond motifs is 1. The topological polar surface area (TPSA) is 67.2 Å². The molecule has 36 heavy (non-hydrogen) atoms. The minimum Gasteiger partial charge on any atom is -0.351 e. The predicted molar refractivity (Wildman–Crippen MR) is 143 cm³/mol. The summed E-state index contributed by atoms with van der Waals surface area (Å²) >= 11 is 1.76. The van der Waals surface area contributed by atoms with E-state index in [2.05, 4.69) is 48.0 Å². The van der Waals surface area contributed by atoms with E-state index in [1.165, 1.54) is 16.0 Å². The lowest BCUT2D eigenvalue weighted by molar-refractivity contribution is -0.131. The van der Waals surface area contributed by atoms with Crippen LogP contribution in [0.15, 0.2) is 66.2 Å². The van der Waals surface area contributed by atoms with Crippen molar-refractivity contribution in [3.05, 3.63) is 98.9 Å². The summed E-state index contributed by atoms with van der Waals surface area (Å²) in [5.74, 6) is -0.145. The highest BCUT2D eigenvalue weighted by molar-refractivity contribution is 7.10. The fraction of sp³-hybridized carbons (Fsp3) is 0.276. The molecule has 1 aliphatic rings. The van der Waals surface area contributed by atoms with E-state index in [0.717, 1.165) is 29.7 Å². The third-order valence-corrected chi connectivity index (χ3v) is 7.60. The molecule has 1 aliphatic heterocycles. The van der Waals surface area contributed by atoms with Gasteiger partial charge in [0.2, 0.25) is 5.91 Å². The van der Waals surface area contributed by atoms with Crippen LogP contribution in [0.2, 0.25) is 0 Å². The Labute approximate surface area is 215 Å². The number of carbonyl (C=O) groups excluding carboxylic acids is 2. The molecule has 6 nitrogen and oxygen atoms in total. The van der Waals surface area contributed by atoms with Gasteiger partial charge in [0.15, 0.2) is 0 Å². The molecule has 0 unspecified atom stereocenters. The predicted octanol–water partition coefficient (Wildman–Crippen LogP) is 4.98. The smallest absolute Gasteiger partial charge is 0.255 e. The number of hydrogen-bond donors (Lipinski definition) is 1. The van der Waals surface area contributed by atoms with Gasteiger partial charge in [0.05, 0.1) is 12.1 Å². The van der Waals surface area contributed by atoms with Crippen LogP contribution in [0.5, 0.6) is 0 Å². The molecular formula is C29H30N4O2S. The van der Waals surface area contributed by atoms with E-state index in [1.54, 1.807) is 17.5 Å². The monoisotopic (exact) mass is 498 g/mol. The molecule has 0 atom stereocenters. The summed E-state index contributed by atoms with van der Waals surface area (Å²) in [4.78, 5) is 29.2. The maximum atomic E-state index is 13.2. The van der Waals surface area contributed by atoms with Gasteiger partial charge in [0.25, 0.3) is 5.91 Å². The van der Waals surface area contributed by atoms with Crippen LogP contribution < -0.4 is 5.32 Å². The lowest BCUT2D eigenvalue weighted by Gasteiger charge is -2.27. The fourth-order valence-electron chi connectivity index (χ4n) is 4.47. The van der Waals surface area contributed by atoms with Gasteiger partial charge >= 0.3 is 0 Å². The zero-order valence-electron chi connectivity index (χ0n) is 20.7. The summed E-state index contributed by atoms with van der Waals surface area (Å²) in [5, 5.41) is 9.80. The first-order valence-corrected chi connectivity index (χ1v) is 13.2. The second-order valence-electron chi connectivity index (χ2n) is 9.38. The number of aromatic nitrogens is 2. The molecule has 184 valence electrons. The van der Waals surface area contributed by atoms with Crippen molar-refractivity contribution in [2.45, 2.75) is 39.8 Å². The van der Waals surface area contributed by atoms with E-state index in [4.69, 9.17) is 5.10 Å². The summed E-state index contributed by atoms with van der Waals surface area (Å²) in [7, 11) is 0. The minimum absolute atomic E-state index is 0.0703. The minimum atomic E-state index is -0.215. The molecule has 0 spiro atoms. The van der Waals surface area contributed by atoms with Gasteiger partial charge < -0.3 is 10.2 Å². The highest BCUT2D eigenvalue weighted by atomic mass is 32.1. The molecule has 2 aromatic carbocycles. The standard InChI is InChI=1S/C29H30N4O2S/c1-20-3-7-22(8-4-20)17-33-19-25(28(31-33)23-9-5-21(2)6-10-23)29(35)30-14-11-27(34)32-15-12-26-24(18-32)13-16-36-26/h3-10,13,16,19H,11-12,14-15,17-18H2,1-2H3,(H,30,35). The van der Waals surface area contributed by atoms with Crippen LogP contribution in [0.4, 0.5) is 0 Å². The molecule has 0 radical (unpaired) electrons. The van der Waals surface area contributed by atoms with Crippen LogP contribution >= 0.6 is 11.3 Å². The first-order valence-electron chi connectivity index (χ1n) is 12.3. The first-order chi connectivity index (χ1) is 17.5. The van der Waals surface area contributed by atoms with E-state index in [1.807, 2.05) is 40.8 Å². The van der Waals surface area contributed by atoms with E-state index < -0.39 is 0 Å². The molecule has 0 saturated carbocycles. The lowest BCUT2D eigenvalue weighted by atomic mass is 10.1. The summed E-state index contributed by atoms with van der Waals surface area (Å²) < 4.78 is 1.81. The van der Waals surface area contributed by atoms with Gasteiger partial charge in [-0.25, -0.2) is 0 Å². The summed E-state index contributed by atoms with van der Waals surface area (Å²) in [6, 6.07) is 18.4. The van der Waals surface area contributed by atoms with Crippen LogP contribution in [-0.2, 0) is 24.3 Å². The van der Waals surface area contributed by atoms with Crippen LogP contribution in [-0.4, -0.2) is 39.6 Å². The molecule has 1 N–H and O–H groups in total. The van der Waals surface area contributed by atoms with Crippen molar-refractivity contribution in [2.75, 3.05) is 13.1 Å². The number of amides is 2. The fourth-order valence-corrected chi connectivity index (χ4v) is 5.36. The van der Waals surface area contributed by atoms with E-state index >= 15 is 0 Å². The highest BCUT2D eigenvalue weighted by Crippen LogP contribution is 2.25. The number of hydrogen-bond acceptors (Lipinski definition) is 4. The molecule has 7 heteroatoms. The molecule has 5 rings (SSSR count). The Hall–Kier alpha value is -3.71. The van der Waals surface area contributed by atoms with Gasteiger partial charge in [-0.3, -0.25) is 14.3 Å². The molecule has 0 aliphatic carbocycles. The number of benzene rings is 2. The third-order valence-electron chi connectivity index (χ3n) is 6.58. The number of rotatable bonds is 7. The van der Waals surface area contributed by atoms with Crippen molar-refractivity contribution in [3.63, 3.8) is 0 Å². The van der Waals surface area contributed by atoms with Gasteiger partial charge in [0.1, 0.15) is 5.69 Å². The second kappa shape index (κ2) is 10.5. The largest absolute Gasteiger partial charge is 0.351 e. The van der Waals surface area contributed by atoms with Crippen molar-refractivity contribution in [2.24, 2.45) is 0 Å². The molecule has 2 amide bonds. The Kier molecular flexibility index (Phi) is 7.00. The van der Waals surface area contributed by atoms with Crippen LogP contribution in [0.1, 0.15) is 43.9 Å². The van der Waals surface area contributed by atoms with Gasteiger partial charge in [-0.15, -0.1) is 11.3 Å². The number of thiophene rings is 1. The van der Waals surface area contributed by atoms with Gasteiger partial charge in [-0.05, 0) is 42.8 Å². The van der Waals surface area contributed by atoms with Crippen molar-refractivity contribution in [3.8, 4) is 11.3 Å². The van der Waals surface area contributed by atoms with E-state index in [9.17, 15) is 9.59 Å². The van der Waals surface area contributed by atoms with Crippen molar-refractivity contribution in [1.82, 2.24) is 20.0 Å². The Bertz CT molecular complexity index is 1370. The number of nitrogens with one attached hydrogen (secondary N) is 1. The molecule has 4 aromatic rings. The summed E-state index contributed by atoms with van der Waals surface area (Å²) in [6.07, 6.45) is 2.99. The normalized spacial score (nSPS) is 12.9.